The molecule has 2 aromatic rings. The van der Waals surface area contributed by atoms with E-state index < -0.39 is 26.6 Å². The molecule has 7 nitrogen and oxygen atoms in total. The van der Waals surface area contributed by atoms with E-state index in [9.17, 15) is 17.6 Å². The second-order valence-electron chi connectivity index (χ2n) is 7.02. The number of hydrogen-bond acceptors (Lipinski definition) is 5. The van der Waals surface area contributed by atoms with Crippen LogP contribution in [0.1, 0.15) is 29.6 Å². The molecule has 0 spiro atoms. The first-order valence-electron chi connectivity index (χ1n) is 9.86. The van der Waals surface area contributed by atoms with Gasteiger partial charge in [-0.2, -0.15) is 4.31 Å². The molecule has 1 fully saturated rings. The van der Waals surface area contributed by atoms with Crippen molar-refractivity contribution in [3.05, 3.63) is 52.8 Å². The molecule has 1 saturated heterocycles. The summed E-state index contributed by atoms with van der Waals surface area (Å²) in [4.78, 5) is 12.3. The zero-order valence-electron chi connectivity index (χ0n) is 17.1. The summed E-state index contributed by atoms with van der Waals surface area (Å²) in [5.41, 5.74) is 0.304. The number of sulfonamides is 1. The molecule has 0 atom stereocenters. The van der Waals surface area contributed by atoms with Gasteiger partial charge in [0, 0.05) is 25.8 Å². The van der Waals surface area contributed by atoms with Gasteiger partial charge in [0.1, 0.15) is 17.3 Å². The number of methoxy groups -OCH3 is 1. The Kier molecular flexibility index (Phi) is 7.88. The maximum Gasteiger partial charge on any atom is 0.255 e. The number of carbonyl (C=O) groups is 1. The third-order valence-electron chi connectivity index (χ3n) is 4.88. The van der Waals surface area contributed by atoms with Crippen LogP contribution in [0.4, 0.5) is 10.1 Å². The topological polar surface area (TPSA) is 84.9 Å². The van der Waals surface area contributed by atoms with Crippen LogP contribution in [-0.2, 0) is 14.8 Å². The molecule has 1 aliphatic rings. The first-order chi connectivity index (χ1) is 14.8. The molecule has 0 bridgehead atoms. The normalized spacial score (nSPS) is 14.9. The number of rotatable bonds is 8. The van der Waals surface area contributed by atoms with Crippen molar-refractivity contribution < 1.29 is 27.1 Å². The molecule has 0 unspecified atom stereocenters. The Labute approximate surface area is 186 Å². The van der Waals surface area contributed by atoms with Crippen LogP contribution in [0.3, 0.4) is 0 Å². The van der Waals surface area contributed by atoms with Crippen LogP contribution in [0, 0.1) is 5.82 Å². The molecular weight excluding hydrogens is 447 g/mol. The summed E-state index contributed by atoms with van der Waals surface area (Å²) in [6.45, 7) is 1.22. The zero-order chi connectivity index (χ0) is 22.4. The van der Waals surface area contributed by atoms with Crippen molar-refractivity contribution in [1.29, 1.82) is 0 Å². The minimum absolute atomic E-state index is 0.000184. The molecule has 1 heterocycles. The molecule has 10 heteroatoms. The minimum atomic E-state index is -4.03. The summed E-state index contributed by atoms with van der Waals surface area (Å²) in [5, 5.41) is 2.95. The molecule has 31 heavy (non-hydrogen) atoms. The fraction of sp³-hybridized carbons (Fsp3) is 0.381. The first kappa shape index (κ1) is 23.5. The number of ether oxygens (including phenoxy) is 2. The Morgan fingerprint density at radius 3 is 2.61 bits per heavy atom. The molecule has 0 aliphatic carbocycles. The van der Waals surface area contributed by atoms with Gasteiger partial charge in [-0.05, 0) is 43.2 Å². The monoisotopic (exact) mass is 470 g/mol. The van der Waals surface area contributed by atoms with Crippen LogP contribution in [0.15, 0.2) is 41.3 Å². The molecule has 2 aromatic carbocycles. The van der Waals surface area contributed by atoms with Gasteiger partial charge in [0.2, 0.25) is 10.0 Å². The fourth-order valence-electron chi connectivity index (χ4n) is 3.26. The third kappa shape index (κ3) is 5.54. The zero-order valence-corrected chi connectivity index (χ0v) is 18.6. The molecule has 0 radical (unpaired) electrons. The van der Waals surface area contributed by atoms with E-state index in [0.717, 1.165) is 31.4 Å². The van der Waals surface area contributed by atoms with Crippen molar-refractivity contribution >= 4 is 33.2 Å². The van der Waals surface area contributed by atoms with Crippen molar-refractivity contribution in [2.75, 3.05) is 38.7 Å². The summed E-state index contributed by atoms with van der Waals surface area (Å²) < 4.78 is 52.0. The Balaban J connectivity index is 1.85. The Bertz CT molecular complexity index is 1040. The van der Waals surface area contributed by atoms with Gasteiger partial charge < -0.3 is 14.8 Å². The number of halogens is 2. The predicted octanol–water partition coefficient (Wildman–Crippen LogP) is 3.93. The van der Waals surface area contributed by atoms with Gasteiger partial charge in [0.25, 0.3) is 5.91 Å². The van der Waals surface area contributed by atoms with Gasteiger partial charge >= 0.3 is 0 Å². The summed E-state index contributed by atoms with van der Waals surface area (Å²) in [6.07, 6.45) is 2.38. The van der Waals surface area contributed by atoms with E-state index in [1.807, 2.05) is 0 Å². The number of carbonyl (C=O) groups excluding carboxylic acids is 1. The molecule has 1 amide bonds. The number of nitrogens with one attached hydrogen (secondary N) is 1. The van der Waals surface area contributed by atoms with E-state index in [0.29, 0.717) is 30.4 Å². The number of nitrogens with zero attached hydrogens (tertiary/aromatic N) is 1. The van der Waals surface area contributed by atoms with Gasteiger partial charge in [-0.15, -0.1) is 0 Å². The lowest BCUT2D eigenvalue weighted by molar-refractivity contribution is 0.102. The standard InChI is InChI=1S/C21H24ClFN2O5S/c1-29-12-13-30-20-16(22)6-5-7-18(20)24-21(26)15-8-9-17(23)19(14-15)31(27,28)25-10-3-2-4-11-25/h5-9,14H,2-4,10-13H2,1H3,(H,24,26). The smallest absolute Gasteiger partial charge is 0.255 e. The molecule has 0 aromatic heterocycles. The Hall–Kier alpha value is -2.20. The Morgan fingerprint density at radius 1 is 1.16 bits per heavy atom. The molecule has 0 saturated carbocycles. The number of piperidine rings is 1. The van der Waals surface area contributed by atoms with Gasteiger partial charge in [0.05, 0.1) is 17.3 Å². The average molecular weight is 471 g/mol. The van der Waals surface area contributed by atoms with E-state index in [-0.39, 0.29) is 17.9 Å². The van der Waals surface area contributed by atoms with Crippen LogP contribution < -0.4 is 10.1 Å². The van der Waals surface area contributed by atoms with Crippen LogP contribution in [0.25, 0.3) is 0 Å². The highest BCUT2D eigenvalue weighted by molar-refractivity contribution is 7.89. The highest BCUT2D eigenvalue weighted by atomic mass is 35.5. The van der Waals surface area contributed by atoms with Crippen LogP contribution in [0.5, 0.6) is 5.75 Å². The fourth-order valence-corrected chi connectivity index (χ4v) is 5.10. The van der Waals surface area contributed by atoms with E-state index in [1.54, 1.807) is 18.2 Å². The van der Waals surface area contributed by atoms with Crippen molar-refractivity contribution in [2.24, 2.45) is 0 Å². The average Bonchev–Trinajstić information content (AvgIpc) is 2.76. The largest absolute Gasteiger partial charge is 0.487 e. The van der Waals surface area contributed by atoms with E-state index in [4.69, 9.17) is 21.1 Å². The van der Waals surface area contributed by atoms with E-state index >= 15 is 0 Å². The van der Waals surface area contributed by atoms with Gasteiger partial charge in [-0.3, -0.25) is 4.79 Å². The van der Waals surface area contributed by atoms with Crippen molar-refractivity contribution in [1.82, 2.24) is 4.31 Å². The number of benzene rings is 2. The molecule has 1 N–H and O–H groups in total. The van der Waals surface area contributed by atoms with Crippen LogP contribution in [-0.4, -0.2) is 52.0 Å². The molecule has 1 aliphatic heterocycles. The predicted molar refractivity (Wildman–Crippen MR) is 116 cm³/mol. The van der Waals surface area contributed by atoms with E-state index in [1.165, 1.54) is 17.5 Å². The van der Waals surface area contributed by atoms with Gasteiger partial charge in [-0.25, -0.2) is 12.8 Å². The third-order valence-corrected chi connectivity index (χ3v) is 7.09. The molecular formula is C21H24ClFN2O5S. The van der Waals surface area contributed by atoms with Crippen molar-refractivity contribution in [3.8, 4) is 5.75 Å². The lowest BCUT2D eigenvalue weighted by Crippen LogP contribution is -2.36. The van der Waals surface area contributed by atoms with Crippen molar-refractivity contribution in [3.63, 3.8) is 0 Å². The Morgan fingerprint density at radius 2 is 1.90 bits per heavy atom. The number of para-hydroxylation sites is 1. The first-order valence-corrected chi connectivity index (χ1v) is 11.7. The van der Waals surface area contributed by atoms with Crippen LogP contribution in [0.2, 0.25) is 5.02 Å². The maximum atomic E-state index is 14.4. The molecule has 168 valence electrons. The summed E-state index contributed by atoms with van der Waals surface area (Å²) in [7, 11) is -2.50. The van der Waals surface area contributed by atoms with Gasteiger partial charge in [-0.1, -0.05) is 24.1 Å². The maximum absolute atomic E-state index is 14.4. The molecule has 3 rings (SSSR count). The summed E-state index contributed by atoms with van der Waals surface area (Å²) in [6, 6.07) is 8.12. The highest BCUT2D eigenvalue weighted by Crippen LogP contribution is 2.33. The van der Waals surface area contributed by atoms with Crippen molar-refractivity contribution in [2.45, 2.75) is 24.2 Å². The summed E-state index contributed by atoms with van der Waals surface area (Å²) >= 11 is 6.18. The second kappa shape index (κ2) is 10.4. The highest BCUT2D eigenvalue weighted by Gasteiger charge is 2.29. The lowest BCUT2D eigenvalue weighted by Gasteiger charge is -2.26. The van der Waals surface area contributed by atoms with E-state index in [2.05, 4.69) is 5.32 Å². The summed E-state index contributed by atoms with van der Waals surface area (Å²) in [5.74, 6) is -1.25. The number of amides is 1. The quantitative estimate of drug-likeness (QED) is 0.591. The van der Waals surface area contributed by atoms with Gasteiger partial charge in [0.15, 0.2) is 5.75 Å². The number of hydrogen-bond donors (Lipinski definition) is 1. The lowest BCUT2D eigenvalue weighted by atomic mass is 10.2. The SMILES string of the molecule is COCCOc1c(Cl)cccc1NC(=O)c1ccc(F)c(S(=O)(=O)N2CCCCC2)c1. The minimum Gasteiger partial charge on any atom is -0.487 e. The number of anilines is 1. The van der Waals surface area contributed by atoms with Crippen LogP contribution >= 0.6 is 11.6 Å². The second-order valence-corrected chi connectivity index (χ2v) is 9.34.